The Labute approximate surface area is 123 Å². The Morgan fingerprint density at radius 3 is 2.33 bits per heavy atom. The Kier molecular flexibility index (Phi) is 4.46. The molecule has 0 radical (unpaired) electrons. The van der Waals surface area contributed by atoms with E-state index < -0.39 is 10.0 Å². The van der Waals surface area contributed by atoms with Crippen LogP contribution in [0.3, 0.4) is 0 Å². The molecule has 2 aromatic rings. The Hall–Kier alpha value is -2.09. The van der Waals surface area contributed by atoms with Gasteiger partial charge in [-0.25, -0.2) is 13.6 Å². The minimum atomic E-state index is -3.81. The number of nitrogen functional groups attached to an aromatic ring is 1. The van der Waals surface area contributed by atoms with Gasteiger partial charge in [-0.2, -0.15) is 0 Å². The van der Waals surface area contributed by atoms with Crippen LogP contribution in [0, 0.1) is 0 Å². The molecule has 0 bridgehead atoms. The van der Waals surface area contributed by atoms with Crippen molar-refractivity contribution in [1.29, 1.82) is 0 Å². The fraction of sp³-hybridized carbons (Fsp3) is 0.143. The van der Waals surface area contributed by atoms with Crippen molar-refractivity contribution in [2.45, 2.75) is 11.3 Å². The smallest absolute Gasteiger partial charge is 0.238 e. The zero-order valence-corrected chi connectivity index (χ0v) is 12.0. The van der Waals surface area contributed by atoms with E-state index >= 15 is 0 Å². The maximum Gasteiger partial charge on any atom is 0.238 e. The molecule has 2 aromatic carbocycles. The molecule has 0 spiro atoms. The zero-order valence-electron chi connectivity index (χ0n) is 11.2. The average Bonchev–Trinajstić information content (AvgIpc) is 2.42. The van der Waals surface area contributed by atoms with Crippen LogP contribution in [0.15, 0.2) is 47.4 Å². The molecule has 0 aliphatic rings. The number of nitrogens with two attached hydrogens (primary N) is 2. The van der Waals surface area contributed by atoms with E-state index in [1.807, 2.05) is 12.1 Å². The second kappa shape index (κ2) is 6.13. The Morgan fingerprint density at radius 2 is 1.76 bits per heavy atom. The highest BCUT2D eigenvalue weighted by atomic mass is 32.2. The number of aliphatic hydroxyl groups is 1. The highest BCUT2D eigenvalue weighted by Crippen LogP contribution is 2.29. The van der Waals surface area contributed by atoms with Crippen LogP contribution in [0.2, 0.25) is 0 Å². The van der Waals surface area contributed by atoms with Crippen LogP contribution in [0.1, 0.15) is 5.56 Å². The van der Waals surface area contributed by atoms with E-state index in [1.54, 1.807) is 12.1 Å². The van der Waals surface area contributed by atoms with Crippen LogP contribution in [-0.4, -0.2) is 20.1 Å². The van der Waals surface area contributed by atoms with Crippen LogP contribution in [0.25, 0.3) is 0 Å². The normalized spacial score (nSPS) is 11.3. The van der Waals surface area contributed by atoms with Crippen LogP contribution in [0.4, 0.5) is 5.69 Å². The molecule has 0 aliphatic carbocycles. The van der Waals surface area contributed by atoms with E-state index in [0.717, 1.165) is 5.56 Å². The summed E-state index contributed by atoms with van der Waals surface area (Å²) in [4.78, 5) is -0.0661. The van der Waals surface area contributed by atoms with E-state index in [9.17, 15) is 8.42 Å². The van der Waals surface area contributed by atoms with Gasteiger partial charge in [0.2, 0.25) is 10.0 Å². The number of hydrogen-bond acceptors (Lipinski definition) is 5. The molecular formula is C14H16N2O4S. The summed E-state index contributed by atoms with van der Waals surface area (Å²) in [5.74, 6) is 0.728. The third-order valence-corrected chi connectivity index (χ3v) is 3.78. The van der Waals surface area contributed by atoms with E-state index in [1.165, 1.54) is 18.2 Å². The standard InChI is InChI=1S/C14H16N2O4S/c15-13-6-5-12(21(16,18)19)9-14(13)20-11-3-1-10(2-4-11)7-8-17/h1-6,9,17H,7-8,15H2,(H2,16,18,19). The van der Waals surface area contributed by atoms with E-state index in [4.69, 9.17) is 20.7 Å². The van der Waals surface area contributed by atoms with Crippen molar-refractivity contribution < 1.29 is 18.3 Å². The van der Waals surface area contributed by atoms with Crippen LogP contribution in [-0.2, 0) is 16.4 Å². The number of primary sulfonamides is 1. The SMILES string of the molecule is Nc1ccc(S(N)(=O)=O)cc1Oc1ccc(CCO)cc1. The van der Waals surface area contributed by atoms with Gasteiger partial charge in [0.25, 0.3) is 0 Å². The third kappa shape index (κ3) is 3.94. The lowest BCUT2D eigenvalue weighted by atomic mass is 10.1. The summed E-state index contributed by atoms with van der Waals surface area (Å²) < 4.78 is 28.2. The van der Waals surface area contributed by atoms with E-state index in [2.05, 4.69) is 0 Å². The predicted octanol–water partition coefficient (Wildman–Crippen LogP) is 1.24. The summed E-state index contributed by atoms with van der Waals surface area (Å²) in [5, 5.41) is 13.9. The average molecular weight is 308 g/mol. The molecule has 0 amide bonds. The third-order valence-electron chi connectivity index (χ3n) is 2.87. The van der Waals surface area contributed by atoms with Gasteiger partial charge in [-0.05, 0) is 36.2 Å². The minimum absolute atomic E-state index is 0.0661. The van der Waals surface area contributed by atoms with Crippen molar-refractivity contribution in [2.24, 2.45) is 5.14 Å². The maximum absolute atomic E-state index is 11.3. The van der Waals surface area contributed by atoms with Crippen LogP contribution in [0.5, 0.6) is 11.5 Å². The van der Waals surface area contributed by atoms with Gasteiger partial charge in [-0.1, -0.05) is 12.1 Å². The summed E-state index contributed by atoms with van der Waals surface area (Å²) in [5.41, 5.74) is 7.04. The van der Waals surface area contributed by atoms with Crippen molar-refractivity contribution in [3.63, 3.8) is 0 Å². The van der Waals surface area contributed by atoms with Crippen molar-refractivity contribution in [3.8, 4) is 11.5 Å². The number of sulfonamides is 1. The molecule has 0 aliphatic heterocycles. The van der Waals surface area contributed by atoms with E-state index in [0.29, 0.717) is 17.9 Å². The molecule has 7 heteroatoms. The van der Waals surface area contributed by atoms with Crippen LogP contribution >= 0.6 is 0 Å². The lowest BCUT2D eigenvalue weighted by Crippen LogP contribution is -2.12. The van der Waals surface area contributed by atoms with Crippen molar-refractivity contribution in [1.82, 2.24) is 0 Å². The Morgan fingerprint density at radius 1 is 1.10 bits per heavy atom. The molecule has 21 heavy (non-hydrogen) atoms. The van der Waals surface area contributed by atoms with Crippen LogP contribution < -0.4 is 15.6 Å². The number of aliphatic hydroxyl groups excluding tert-OH is 1. The molecule has 0 heterocycles. The summed E-state index contributed by atoms with van der Waals surface area (Å²) in [6.07, 6.45) is 0.559. The first-order chi connectivity index (χ1) is 9.90. The highest BCUT2D eigenvalue weighted by molar-refractivity contribution is 7.89. The molecule has 0 saturated heterocycles. The molecular weight excluding hydrogens is 292 g/mol. The Bertz CT molecular complexity index is 727. The monoisotopic (exact) mass is 308 g/mol. The molecule has 2 rings (SSSR count). The molecule has 6 nitrogen and oxygen atoms in total. The molecule has 0 aromatic heterocycles. The summed E-state index contributed by atoms with van der Waals surface area (Å²) >= 11 is 0. The predicted molar refractivity (Wildman–Crippen MR) is 79.5 cm³/mol. The topological polar surface area (TPSA) is 116 Å². The number of hydrogen-bond donors (Lipinski definition) is 3. The zero-order chi connectivity index (χ0) is 15.5. The first-order valence-electron chi connectivity index (χ1n) is 6.20. The van der Waals surface area contributed by atoms with Gasteiger partial charge in [-0.15, -0.1) is 0 Å². The highest BCUT2D eigenvalue weighted by Gasteiger charge is 2.11. The molecule has 112 valence electrons. The summed E-state index contributed by atoms with van der Waals surface area (Å²) in [6.45, 7) is 0.0730. The lowest BCUT2D eigenvalue weighted by molar-refractivity contribution is 0.299. The fourth-order valence-electron chi connectivity index (χ4n) is 1.76. The van der Waals surface area contributed by atoms with Crippen molar-refractivity contribution in [3.05, 3.63) is 48.0 Å². The Balaban J connectivity index is 2.26. The first kappa shape index (κ1) is 15.3. The number of ether oxygens (including phenoxy) is 1. The summed E-state index contributed by atoms with van der Waals surface area (Å²) in [6, 6.07) is 11.1. The number of rotatable bonds is 5. The van der Waals surface area contributed by atoms with Gasteiger partial charge in [0, 0.05) is 12.7 Å². The first-order valence-corrected chi connectivity index (χ1v) is 7.75. The van der Waals surface area contributed by atoms with E-state index in [-0.39, 0.29) is 17.3 Å². The van der Waals surface area contributed by atoms with Gasteiger partial charge in [0.1, 0.15) is 5.75 Å². The quantitative estimate of drug-likeness (QED) is 0.719. The van der Waals surface area contributed by atoms with Gasteiger partial charge in [0.05, 0.1) is 10.6 Å². The number of anilines is 1. The maximum atomic E-state index is 11.3. The van der Waals surface area contributed by atoms with Gasteiger partial charge in [-0.3, -0.25) is 0 Å². The molecule has 0 saturated carbocycles. The van der Waals surface area contributed by atoms with Crippen molar-refractivity contribution in [2.75, 3.05) is 12.3 Å². The second-order valence-electron chi connectivity index (χ2n) is 4.46. The molecule has 0 fully saturated rings. The molecule has 0 atom stereocenters. The molecule has 5 N–H and O–H groups in total. The van der Waals surface area contributed by atoms with Gasteiger partial charge >= 0.3 is 0 Å². The van der Waals surface area contributed by atoms with Crippen molar-refractivity contribution >= 4 is 15.7 Å². The van der Waals surface area contributed by atoms with Gasteiger partial charge in [0.15, 0.2) is 5.75 Å². The molecule has 0 unspecified atom stereocenters. The lowest BCUT2D eigenvalue weighted by Gasteiger charge is -2.10. The summed E-state index contributed by atoms with van der Waals surface area (Å²) in [7, 11) is -3.81. The van der Waals surface area contributed by atoms with Gasteiger partial charge < -0.3 is 15.6 Å². The number of benzene rings is 2. The second-order valence-corrected chi connectivity index (χ2v) is 6.03. The fourth-order valence-corrected chi connectivity index (χ4v) is 2.29. The largest absolute Gasteiger partial charge is 0.455 e. The minimum Gasteiger partial charge on any atom is -0.455 e.